The smallest absolute Gasteiger partial charge is 0.0540 e. The Kier molecular flexibility index (Phi) is 7.99. The van der Waals surface area contributed by atoms with E-state index in [0.717, 1.165) is 28.4 Å². The van der Waals surface area contributed by atoms with Gasteiger partial charge in [0.1, 0.15) is 0 Å². The van der Waals surface area contributed by atoms with Crippen LogP contribution < -0.4 is 9.80 Å². The van der Waals surface area contributed by atoms with Crippen molar-refractivity contribution < 1.29 is 0 Å². The number of hydrogen-bond acceptors (Lipinski definition) is 2. The first-order chi connectivity index (χ1) is 27.0. The first kappa shape index (κ1) is 33.0. The number of para-hydroxylation sites is 2. The Morgan fingerprint density at radius 2 is 1.04 bits per heavy atom. The third kappa shape index (κ3) is 5.65. The van der Waals surface area contributed by atoms with Crippen LogP contribution in [-0.2, 0) is 5.41 Å². The molecule has 0 saturated carbocycles. The predicted octanol–water partition coefficient (Wildman–Crippen LogP) is 14.4. The average Bonchev–Trinajstić information content (AvgIpc) is 3.48. The first-order valence-corrected chi connectivity index (χ1v) is 19.4. The molecule has 0 bridgehead atoms. The maximum absolute atomic E-state index is 2.44. The quantitative estimate of drug-likeness (QED) is 0.163. The molecule has 2 unspecified atom stereocenters. The minimum Gasteiger partial charge on any atom is -0.310 e. The van der Waals surface area contributed by atoms with Crippen LogP contribution in [0.4, 0.5) is 34.1 Å². The molecule has 0 fully saturated rings. The van der Waals surface area contributed by atoms with E-state index in [1.807, 2.05) is 0 Å². The zero-order chi connectivity index (χ0) is 36.9. The van der Waals surface area contributed by atoms with Gasteiger partial charge in [-0.25, -0.2) is 0 Å². The highest BCUT2D eigenvalue weighted by Crippen LogP contribution is 2.55. The maximum Gasteiger partial charge on any atom is 0.0540 e. The summed E-state index contributed by atoms with van der Waals surface area (Å²) < 4.78 is 0. The molecule has 55 heavy (non-hydrogen) atoms. The lowest BCUT2D eigenvalue weighted by atomic mass is 9.73. The average molecular weight is 707 g/mol. The second kappa shape index (κ2) is 13.3. The number of fused-ring (bicyclic) bond motifs is 5. The van der Waals surface area contributed by atoms with Crippen LogP contribution >= 0.6 is 0 Å². The van der Waals surface area contributed by atoms with E-state index >= 15 is 0 Å². The molecule has 0 heterocycles. The fraction of sp³-hybridized carbons (Fsp3) is 0.0943. The number of anilines is 6. The lowest BCUT2D eigenvalue weighted by Gasteiger charge is -2.30. The van der Waals surface area contributed by atoms with E-state index in [0.29, 0.717) is 11.8 Å². The zero-order valence-electron chi connectivity index (χ0n) is 31.2. The lowest BCUT2D eigenvalue weighted by Crippen LogP contribution is -2.20. The molecule has 264 valence electrons. The van der Waals surface area contributed by atoms with E-state index in [4.69, 9.17) is 0 Å². The summed E-state index contributed by atoms with van der Waals surface area (Å²) in [5, 5.41) is 2.45. The van der Waals surface area contributed by atoms with Gasteiger partial charge in [-0.2, -0.15) is 0 Å². The van der Waals surface area contributed by atoms with Crippen molar-refractivity contribution in [2.45, 2.75) is 19.3 Å². The molecule has 0 N–H and O–H groups in total. The van der Waals surface area contributed by atoms with E-state index < -0.39 is 0 Å². The molecule has 2 heteroatoms. The highest BCUT2D eigenvalue weighted by molar-refractivity contribution is 5.99. The first-order valence-electron chi connectivity index (χ1n) is 19.4. The fourth-order valence-corrected chi connectivity index (χ4v) is 9.05. The van der Waals surface area contributed by atoms with Crippen molar-refractivity contribution in [3.8, 4) is 11.1 Å². The second-order valence-electron chi connectivity index (χ2n) is 15.3. The van der Waals surface area contributed by atoms with E-state index in [2.05, 4.69) is 230 Å². The molecule has 0 saturated heterocycles. The fourth-order valence-electron chi connectivity index (χ4n) is 9.05. The molecule has 2 nitrogen and oxygen atoms in total. The van der Waals surface area contributed by atoms with Crippen LogP contribution in [0.3, 0.4) is 0 Å². The van der Waals surface area contributed by atoms with Gasteiger partial charge < -0.3 is 9.80 Å². The number of allylic oxidation sites excluding steroid dienone is 8. The predicted molar refractivity (Wildman–Crippen MR) is 233 cm³/mol. The number of hydrogen-bond donors (Lipinski definition) is 0. The van der Waals surface area contributed by atoms with Gasteiger partial charge in [-0.1, -0.05) is 153 Å². The molecule has 7 aromatic carbocycles. The van der Waals surface area contributed by atoms with E-state index in [1.165, 1.54) is 49.9 Å². The molecule has 2 atom stereocenters. The standard InChI is InChI=1S/C53H42N2/c1-53(2)49-35-28-40-15-10-12-22-47(40)52(49)48-34-33-45(36-50(48)53)54(41-17-5-3-6-18-41)43-29-24-37(25-30-43)38-26-31-44(32-27-38)55(42-19-7-4-8-20-42)51-23-13-16-39-14-9-11-21-46(39)51/h3-36,40,47H,1-2H3. The van der Waals surface area contributed by atoms with Crippen molar-refractivity contribution in [3.63, 3.8) is 0 Å². The SMILES string of the molecule is CC1(C)C2=C(c3ccc(N(c4ccccc4)c4ccc(-c5ccc(N(c6ccccc6)c6cccc7ccccc67)cc5)cc4)cc31)C1C=CC=CC1C=C2. The van der Waals surface area contributed by atoms with Crippen molar-refractivity contribution in [2.75, 3.05) is 9.80 Å². The molecule has 7 aromatic rings. The maximum atomic E-state index is 2.44. The van der Waals surface area contributed by atoms with Crippen LogP contribution in [0.5, 0.6) is 0 Å². The van der Waals surface area contributed by atoms with Gasteiger partial charge in [0.05, 0.1) is 5.69 Å². The molecule has 10 rings (SSSR count). The van der Waals surface area contributed by atoms with Crippen LogP contribution in [0.1, 0.15) is 25.0 Å². The van der Waals surface area contributed by atoms with E-state index in [9.17, 15) is 0 Å². The molecular formula is C53H42N2. The highest BCUT2D eigenvalue weighted by atomic mass is 15.1. The van der Waals surface area contributed by atoms with Gasteiger partial charge >= 0.3 is 0 Å². The summed E-state index contributed by atoms with van der Waals surface area (Å²) in [4.78, 5) is 4.75. The summed E-state index contributed by atoms with van der Waals surface area (Å²) in [6, 6.07) is 61.7. The third-order valence-corrected chi connectivity index (χ3v) is 11.8. The molecule has 0 radical (unpaired) electrons. The van der Waals surface area contributed by atoms with Crippen LogP contribution in [0.2, 0.25) is 0 Å². The minimum atomic E-state index is -0.0841. The van der Waals surface area contributed by atoms with E-state index in [1.54, 1.807) is 0 Å². The Balaban J connectivity index is 0.989. The Labute approximate surface area is 324 Å². The van der Waals surface area contributed by atoms with Gasteiger partial charge in [0.2, 0.25) is 0 Å². The van der Waals surface area contributed by atoms with Gasteiger partial charge in [0, 0.05) is 51.1 Å². The minimum absolute atomic E-state index is 0.0841. The van der Waals surface area contributed by atoms with Crippen molar-refractivity contribution in [3.05, 3.63) is 223 Å². The Morgan fingerprint density at radius 3 is 1.75 bits per heavy atom. The second-order valence-corrected chi connectivity index (χ2v) is 15.3. The Hall–Kier alpha value is -6.64. The van der Waals surface area contributed by atoms with Crippen molar-refractivity contribution >= 4 is 50.5 Å². The van der Waals surface area contributed by atoms with Crippen LogP contribution in [0.15, 0.2) is 212 Å². The number of benzene rings is 7. The largest absolute Gasteiger partial charge is 0.310 e. The summed E-state index contributed by atoms with van der Waals surface area (Å²) in [6.07, 6.45) is 13.9. The van der Waals surface area contributed by atoms with Gasteiger partial charge in [0.15, 0.2) is 0 Å². The van der Waals surface area contributed by atoms with Crippen molar-refractivity contribution in [1.29, 1.82) is 0 Å². The van der Waals surface area contributed by atoms with Crippen LogP contribution in [0, 0.1) is 11.8 Å². The molecular weight excluding hydrogens is 665 g/mol. The molecule has 3 aliphatic rings. The van der Waals surface area contributed by atoms with Crippen molar-refractivity contribution in [2.24, 2.45) is 11.8 Å². The highest BCUT2D eigenvalue weighted by Gasteiger charge is 2.42. The summed E-state index contributed by atoms with van der Waals surface area (Å²) in [7, 11) is 0. The van der Waals surface area contributed by atoms with Crippen LogP contribution in [-0.4, -0.2) is 0 Å². The van der Waals surface area contributed by atoms with E-state index in [-0.39, 0.29) is 5.41 Å². The Morgan fingerprint density at radius 1 is 0.473 bits per heavy atom. The third-order valence-electron chi connectivity index (χ3n) is 11.8. The summed E-state index contributed by atoms with van der Waals surface area (Å²) in [6.45, 7) is 4.78. The monoisotopic (exact) mass is 706 g/mol. The van der Waals surface area contributed by atoms with Gasteiger partial charge in [-0.15, -0.1) is 0 Å². The zero-order valence-corrected chi connectivity index (χ0v) is 31.2. The molecule has 3 aliphatic carbocycles. The summed E-state index contributed by atoms with van der Waals surface area (Å²) >= 11 is 0. The summed E-state index contributed by atoms with van der Waals surface area (Å²) in [5.74, 6) is 0.815. The van der Waals surface area contributed by atoms with Crippen LogP contribution in [0.25, 0.3) is 27.5 Å². The normalized spacial score (nSPS) is 17.5. The molecule has 0 aromatic heterocycles. The molecule has 0 spiro atoms. The molecule has 0 aliphatic heterocycles. The van der Waals surface area contributed by atoms with Gasteiger partial charge in [0.25, 0.3) is 0 Å². The summed E-state index contributed by atoms with van der Waals surface area (Å²) in [5.41, 5.74) is 14.9. The number of nitrogens with zero attached hydrogens (tertiary/aromatic N) is 2. The Bertz CT molecular complexity index is 2660. The van der Waals surface area contributed by atoms with Gasteiger partial charge in [-0.3, -0.25) is 0 Å². The van der Waals surface area contributed by atoms with Gasteiger partial charge in [-0.05, 0) is 106 Å². The lowest BCUT2D eigenvalue weighted by molar-refractivity contribution is 0.628. The number of rotatable bonds is 7. The molecule has 0 amide bonds. The van der Waals surface area contributed by atoms with Crippen molar-refractivity contribution in [1.82, 2.24) is 0 Å². The topological polar surface area (TPSA) is 6.48 Å².